The molecule has 0 bridgehead atoms. The number of hydrogen-bond acceptors (Lipinski definition) is 4. The predicted molar refractivity (Wildman–Crippen MR) is 73.0 cm³/mol. The van der Waals surface area contributed by atoms with Crippen LogP contribution in [0.3, 0.4) is 0 Å². The first-order chi connectivity index (χ1) is 9.19. The van der Waals surface area contributed by atoms with Crippen molar-refractivity contribution in [3.05, 3.63) is 53.6 Å². The highest BCUT2D eigenvalue weighted by Gasteiger charge is 2.09. The summed E-state index contributed by atoms with van der Waals surface area (Å²) < 4.78 is 5.11. The highest BCUT2D eigenvalue weighted by molar-refractivity contribution is 5.27. The molecule has 2 rings (SSSR count). The SMILES string of the molecule is COc1ccc(CCC(O)c2cnc(C)cn2)cc1. The first-order valence-electron chi connectivity index (χ1n) is 6.28. The van der Waals surface area contributed by atoms with E-state index >= 15 is 0 Å². The smallest absolute Gasteiger partial charge is 0.118 e. The summed E-state index contributed by atoms with van der Waals surface area (Å²) in [6.07, 6.45) is 4.15. The zero-order chi connectivity index (χ0) is 13.7. The number of ether oxygens (including phenoxy) is 1. The quantitative estimate of drug-likeness (QED) is 0.895. The highest BCUT2D eigenvalue weighted by Crippen LogP contribution is 2.18. The molecular formula is C15H18N2O2. The van der Waals surface area contributed by atoms with Crippen molar-refractivity contribution in [2.45, 2.75) is 25.9 Å². The van der Waals surface area contributed by atoms with Crippen LogP contribution >= 0.6 is 0 Å². The molecule has 0 radical (unpaired) electrons. The number of aliphatic hydroxyl groups excluding tert-OH is 1. The van der Waals surface area contributed by atoms with Crippen LogP contribution in [0.25, 0.3) is 0 Å². The summed E-state index contributed by atoms with van der Waals surface area (Å²) in [5, 5.41) is 10.0. The van der Waals surface area contributed by atoms with Crippen molar-refractivity contribution < 1.29 is 9.84 Å². The van der Waals surface area contributed by atoms with Gasteiger partial charge in [0.15, 0.2) is 0 Å². The average molecular weight is 258 g/mol. The number of methoxy groups -OCH3 is 1. The molecule has 0 saturated carbocycles. The molecule has 1 aromatic heterocycles. The van der Waals surface area contributed by atoms with Crippen LogP contribution in [-0.4, -0.2) is 22.2 Å². The van der Waals surface area contributed by atoms with Gasteiger partial charge in [-0.2, -0.15) is 0 Å². The Labute approximate surface area is 113 Å². The maximum atomic E-state index is 10.0. The van der Waals surface area contributed by atoms with Crippen molar-refractivity contribution in [1.82, 2.24) is 9.97 Å². The van der Waals surface area contributed by atoms with Crippen LogP contribution in [0.1, 0.15) is 29.5 Å². The van der Waals surface area contributed by atoms with Crippen LogP contribution < -0.4 is 4.74 Å². The summed E-state index contributed by atoms with van der Waals surface area (Å²) in [5.74, 6) is 0.841. The van der Waals surface area contributed by atoms with E-state index < -0.39 is 6.10 Å². The number of nitrogens with zero attached hydrogens (tertiary/aromatic N) is 2. The monoisotopic (exact) mass is 258 g/mol. The molecule has 2 aromatic rings. The fourth-order valence-electron chi connectivity index (χ4n) is 1.82. The summed E-state index contributed by atoms with van der Waals surface area (Å²) in [7, 11) is 1.65. The largest absolute Gasteiger partial charge is 0.497 e. The summed E-state index contributed by atoms with van der Waals surface area (Å²) in [6, 6.07) is 7.86. The Morgan fingerprint density at radius 2 is 1.89 bits per heavy atom. The molecule has 1 N–H and O–H groups in total. The van der Waals surface area contributed by atoms with Crippen LogP contribution in [0.2, 0.25) is 0 Å². The number of aromatic nitrogens is 2. The minimum absolute atomic E-state index is 0.574. The van der Waals surface area contributed by atoms with Crippen molar-refractivity contribution in [3.8, 4) is 5.75 Å². The first kappa shape index (κ1) is 13.5. The molecule has 4 heteroatoms. The van der Waals surface area contributed by atoms with E-state index in [0.29, 0.717) is 12.1 Å². The van der Waals surface area contributed by atoms with E-state index in [0.717, 1.165) is 17.9 Å². The molecule has 0 spiro atoms. The van der Waals surface area contributed by atoms with Crippen LogP contribution in [0, 0.1) is 6.92 Å². The number of hydrogen-bond donors (Lipinski definition) is 1. The Morgan fingerprint density at radius 1 is 1.16 bits per heavy atom. The molecular weight excluding hydrogens is 240 g/mol. The lowest BCUT2D eigenvalue weighted by Crippen LogP contribution is -2.03. The third-order valence-corrected chi connectivity index (χ3v) is 3.01. The minimum atomic E-state index is -0.574. The van der Waals surface area contributed by atoms with Crippen molar-refractivity contribution in [1.29, 1.82) is 0 Å². The molecule has 100 valence electrons. The van der Waals surface area contributed by atoms with E-state index in [1.54, 1.807) is 19.5 Å². The van der Waals surface area contributed by atoms with Crippen LogP contribution in [0.15, 0.2) is 36.7 Å². The average Bonchev–Trinajstić information content (AvgIpc) is 2.46. The van der Waals surface area contributed by atoms with E-state index in [9.17, 15) is 5.11 Å². The van der Waals surface area contributed by atoms with Gasteiger partial charge in [0, 0.05) is 6.20 Å². The normalized spacial score (nSPS) is 12.2. The molecule has 1 heterocycles. The van der Waals surface area contributed by atoms with Gasteiger partial charge in [0.05, 0.1) is 30.8 Å². The standard InChI is InChI=1S/C15H18N2O2/c1-11-9-17-14(10-16-11)15(18)8-5-12-3-6-13(19-2)7-4-12/h3-4,6-7,9-10,15,18H,5,8H2,1-2H3. The lowest BCUT2D eigenvalue weighted by atomic mass is 10.1. The Kier molecular flexibility index (Phi) is 4.47. The van der Waals surface area contributed by atoms with Crippen LogP contribution in [-0.2, 0) is 6.42 Å². The molecule has 0 fully saturated rings. The molecule has 4 nitrogen and oxygen atoms in total. The molecule has 1 unspecified atom stereocenters. The maximum absolute atomic E-state index is 10.0. The van der Waals surface area contributed by atoms with Gasteiger partial charge in [-0.1, -0.05) is 12.1 Å². The molecule has 1 aromatic carbocycles. The fraction of sp³-hybridized carbons (Fsp3) is 0.333. The van der Waals surface area contributed by atoms with Gasteiger partial charge in [-0.3, -0.25) is 9.97 Å². The van der Waals surface area contributed by atoms with E-state index in [4.69, 9.17) is 4.74 Å². The molecule has 0 saturated heterocycles. The Hall–Kier alpha value is -1.94. The third kappa shape index (κ3) is 3.76. The van der Waals surface area contributed by atoms with Gasteiger partial charge in [-0.05, 0) is 37.5 Å². The summed E-state index contributed by atoms with van der Waals surface area (Å²) in [4.78, 5) is 8.32. The second-order valence-electron chi connectivity index (χ2n) is 4.49. The second-order valence-corrected chi connectivity index (χ2v) is 4.49. The molecule has 1 atom stereocenters. The Balaban J connectivity index is 1.92. The van der Waals surface area contributed by atoms with Crippen LogP contribution in [0.5, 0.6) is 5.75 Å². The van der Waals surface area contributed by atoms with Gasteiger partial charge in [-0.25, -0.2) is 0 Å². The zero-order valence-corrected chi connectivity index (χ0v) is 11.2. The van der Waals surface area contributed by atoms with Crippen molar-refractivity contribution in [2.75, 3.05) is 7.11 Å². The Bertz CT molecular complexity index is 509. The molecule has 0 aliphatic heterocycles. The molecule has 19 heavy (non-hydrogen) atoms. The van der Waals surface area contributed by atoms with Crippen molar-refractivity contribution in [2.24, 2.45) is 0 Å². The maximum Gasteiger partial charge on any atom is 0.118 e. The van der Waals surface area contributed by atoms with Crippen LogP contribution in [0.4, 0.5) is 0 Å². The fourth-order valence-corrected chi connectivity index (χ4v) is 1.82. The lowest BCUT2D eigenvalue weighted by Gasteiger charge is -2.10. The number of benzene rings is 1. The topological polar surface area (TPSA) is 55.2 Å². The van der Waals surface area contributed by atoms with Crippen molar-refractivity contribution in [3.63, 3.8) is 0 Å². The Morgan fingerprint density at radius 3 is 2.47 bits per heavy atom. The second kappa shape index (κ2) is 6.29. The lowest BCUT2D eigenvalue weighted by molar-refractivity contribution is 0.162. The molecule has 0 aliphatic carbocycles. The van der Waals surface area contributed by atoms with Gasteiger partial charge in [0.1, 0.15) is 5.75 Å². The number of aliphatic hydroxyl groups is 1. The number of aryl methyl sites for hydroxylation is 2. The van der Waals surface area contributed by atoms with Gasteiger partial charge in [0.25, 0.3) is 0 Å². The highest BCUT2D eigenvalue weighted by atomic mass is 16.5. The van der Waals surface area contributed by atoms with Gasteiger partial charge >= 0.3 is 0 Å². The van der Waals surface area contributed by atoms with Gasteiger partial charge in [0.2, 0.25) is 0 Å². The zero-order valence-electron chi connectivity index (χ0n) is 11.2. The van der Waals surface area contributed by atoms with E-state index in [-0.39, 0.29) is 0 Å². The van der Waals surface area contributed by atoms with E-state index in [1.165, 1.54) is 5.56 Å². The van der Waals surface area contributed by atoms with E-state index in [2.05, 4.69) is 9.97 Å². The summed E-state index contributed by atoms with van der Waals surface area (Å²) >= 11 is 0. The third-order valence-electron chi connectivity index (χ3n) is 3.01. The first-order valence-corrected chi connectivity index (χ1v) is 6.28. The van der Waals surface area contributed by atoms with E-state index in [1.807, 2.05) is 31.2 Å². The molecule has 0 aliphatic rings. The molecule has 0 amide bonds. The summed E-state index contributed by atoms with van der Waals surface area (Å²) in [6.45, 7) is 1.88. The van der Waals surface area contributed by atoms with Gasteiger partial charge < -0.3 is 9.84 Å². The summed E-state index contributed by atoms with van der Waals surface area (Å²) in [5.41, 5.74) is 2.64. The van der Waals surface area contributed by atoms with Crippen molar-refractivity contribution >= 4 is 0 Å². The minimum Gasteiger partial charge on any atom is -0.497 e. The number of rotatable bonds is 5. The predicted octanol–water partition coefficient (Wildman–Crippen LogP) is 2.46. The van der Waals surface area contributed by atoms with Gasteiger partial charge in [-0.15, -0.1) is 0 Å².